The summed E-state index contributed by atoms with van der Waals surface area (Å²) in [6, 6.07) is 11.1. The number of carbonyl (C=O) groups excluding carboxylic acids is 1. The smallest absolute Gasteiger partial charge is 0.261 e. The van der Waals surface area contributed by atoms with Crippen LogP contribution >= 0.6 is 58.7 Å². The Morgan fingerprint density at radius 3 is 2.74 bits per heavy atom. The van der Waals surface area contributed by atoms with Gasteiger partial charge in [-0.25, -0.2) is 4.98 Å². The molecule has 31 heavy (non-hydrogen) atoms. The molecule has 1 aliphatic rings. The molecule has 5 nitrogen and oxygen atoms in total. The SMILES string of the molecule is CSc1cccc2sc(N(CCN3CCOCC3)C(=O)c3ccc(Cl)cc3Cl)nc12.Cl. The molecule has 3 aromatic rings. The minimum Gasteiger partial charge on any atom is -0.379 e. The van der Waals surface area contributed by atoms with Gasteiger partial charge in [-0.1, -0.05) is 40.6 Å². The molecular weight excluding hydrogens is 497 g/mol. The molecule has 0 unspecified atom stereocenters. The van der Waals surface area contributed by atoms with Crippen molar-refractivity contribution in [2.75, 3.05) is 50.5 Å². The number of thiazole rings is 1. The molecule has 0 aliphatic carbocycles. The molecule has 1 saturated heterocycles. The molecule has 10 heteroatoms. The number of carbonyl (C=O) groups is 1. The van der Waals surface area contributed by atoms with Crippen LogP contribution in [-0.2, 0) is 4.74 Å². The van der Waals surface area contributed by atoms with Crippen LogP contribution in [0.3, 0.4) is 0 Å². The first-order valence-corrected chi connectivity index (χ1v) is 12.4. The summed E-state index contributed by atoms with van der Waals surface area (Å²) in [5.74, 6) is -0.172. The number of aromatic nitrogens is 1. The van der Waals surface area contributed by atoms with Gasteiger partial charge in [0.25, 0.3) is 5.91 Å². The average Bonchev–Trinajstić information content (AvgIpc) is 3.18. The maximum Gasteiger partial charge on any atom is 0.261 e. The molecule has 0 bridgehead atoms. The highest BCUT2D eigenvalue weighted by Crippen LogP contribution is 2.35. The first kappa shape index (κ1) is 24.6. The lowest BCUT2D eigenvalue weighted by Gasteiger charge is -2.29. The number of rotatable bonds is 6. The number of nitrogens with zero attached hydrogens (tertiary/aromatic N) is 3. The Kier molecular flexibility index (Phi) is 8.87. The van der Waals surface area contributed by atoms with Crippen molar-refractivity contribution < 1.29 is 9.53 Å². The predicted molar refractivity (Wildman–Crippen MR) is 134 cm³/mol. The Bertz CT molecular complexity index is 1060. The van der Waals surface area contributed by atoms with E-state index >= 15 is 0 Å². The van der Waals surface area contributed by atoms with E-state index in [4.69, 9.17) is 32.9 Å². The number of benzene rings is 2. The number of amides is 1. The fourth-order valence-corrected chi connectivity index (χ4v) is 5.48. The fraction of sp³-hybridized carbons (Fsp3) is 0.333. The lowest BCUT2D eigenvalue weighted by molar-refractivity contribution is 0.0391. The van der Waals surface area contributed by atoms with Gasteiger partial charge in [-0.05, 0) is 36.6 Å². The highest BCUT2D eigenvalue weighted by atomic mass is 35.5. The fourth-order valence-electron chi connectivity index (χ4n) is 3.35. The Labute approximate surface area is 206 Å². The quantitative estimate of drug-likeness (QED) is 0.390. The van der Waals surface area contributed by atoms with Crippen molar-refractivity contribution in [3.05, 3.63) is 52.0 Å². The van der Waals surface area contributed by atoms with E-state index in [1.54, 1.807) is 34.9 Å². The third-order valence-corrected chi connectivity index (χ3v) is 7.33. The molecule has 2 heterocycles. The van der Waals surface area contributed by atoms with Crippen molar-refractivity contribution in [3.63, 3.8) is 0 Å². The summed E-state index contributed by atoms with van der Waals surface area (Å²) in [6.45, 7) is 4.42. The third kappa shape index (κ3) is 5.66. The minimum absolute atomic E-state index is 0. The third-order valence-electron chi connectivity index (χ3n) is 4.97. The summed E-state index contributed by atoms with van der Waals surface area (Å²) >= 11 is 15.6. The molecule has 4 rings (SSSR count). The van der Waals surface area contributed by atoms with E-state index < -0.39 is 0 Å². The van der Waals surface area contributed by atoms with Crippen LogP contribution in [0.5, 0.6) is 0 Å². The zero-order valence-electron chi connectivity index (χ0n) is 16.8. The van der Waals surface area contributed by atoms with Gasteiger partial charge in [0.15, 0.2) is 5.13 Å². The average molecular weight is 519 g/mol. The van der Waals surface area contributed by atoms with Gasteiger partial charge < -0.3 is 4.74 Å². The van der Waals surface area contributed by atoms with Crippen LogP contribution in [0, 0.1) is 0 Å². The topological polar surface area (TPSA) is 45.7 Å². The van der Waals surface area contributed by atoms with Crippen LogP contribution < -0.4 is 4.90 Å². The van der Waals surface area contributed by atoms with Crippen molar-refractivity contribution in [2.24, 2.45) is 0 Å². The van der Waals surface area contributed by atoms with E-state index in [0.29, 0.717) is 27.3 Å². The van der Waals surface area contributed by atoms with E-state index in [0.717, 1.165) is 48.0 Å². The van der Waals surface area contributed by atoms with Crippen molar-refractivity contribution in [1.82, 2.24) is 9.88 Å². The summed E-state index contributed by atoms with van der Waals surface area (Å²) in [4.78, 5) is 23.5. The Balaban J connectivity index is 0.00000272. The lowest BCUT2D eigenvalue weighted by Crippen LogP contribution is -2.43. The van der Waals surface area contributed by atoms with E-state index in [9.17, 15) is 4.79 Å². The van der Waals surface area contributed by atoms with Gasteiger partial charge in [-0.2, -0.15) is 0 Å². The van der Waals surface area contributed by atoms with Crippen molar-refractivity contribution >= 4 is 80.0 Å². The number of ether oxygens (including phenoxy) is 1. The van der Waals surface area contributed by atoms with Crippen LogP contribution in [0.4, 0.5) is 5.13 Å². The molecule has 0 saturated carbocycles. The number of hydrogen-bond donors (Lipinski definition) is 0. The molecule has 1 fully saturated rings. The molecule has 0 atom stereocenters. The number of fused-ring (bicyclic) bond motifs is 1. The van der Waals surface area contributed by atoms with Crippen molar-refractivity contribution in [2.45, 2.75) is 4.90 Å². The second-order valence-electron chi connectivity index (χ2n) is 6.84. The summed E-state index contributed by atoms with van der Waals surface area (Å²) in [6.07, 6.45) is 2.03. The normalized spacial score (nSPS) is 14.4. The number of thioether (sulfide) groups is 1. The zero-order valence-corrected chi connectivity index (χ0v) is 20.8. The maximum atomic E-state index is 13.5. The van der Waals surface area contributed by atoms with Gasteiger partial charge in [0.05, 0.1) is 34.0 Å². The Morgan fingerprint density at radius 1 is 1.26 bits per heavy atom. The molecule has 0 N–H and O–H groups in total. The van der Waals surface area contributed by atoms with Gasteiger partial charge in [0.2, 0.25) is 0 Å². The first-order valence-electron chi connectivity index (χ1n) is 9.57. The van der Waals surface area contributed by atoms with E-state index in [2.05, 4.69) is 4.90 Å². The van der Waals surface area contributed by atoms with Gasteiger partial charge in [-0.3, -0.25) is 14.6 Å². The Morgan fingerprint density at radius 2 is 2.03 bits per heavy atom. The molecule has 1 aliphatic heterocycles. The van der Waals surface area contributed by atoms with Crippen LogP contribution in [-0.4, -0.2) is 61.4 Å². The van der Waals surface area contributed by atoms with Crippen LogP contribution in [0.15, 0.2) is 41.3 Å². The summed E-state index contributed by atoms with van der Waals surface area (Å²) in [7, 11) is 0. The van der Waals surface area contributed by atoms with Gasteiger partial charge >= 0.3 is 0 Å². The molecular formula is C21H22Cl3N3O2S2. The minimum atomic E-state index is -0.172. The van der Waals surface area contributed by atoms with Crippen LogP contribution in [0.2, 0.25) is 10.0 Å². The standard InChI is InChI=1S/C21H21Cl2N3O2S2.ClH/c1-29-17-3-2-4-18-19(17)24-21(30-18)26(8-7-25-9-11-28-12-10-25)20(27)15-6-5-14(22)13-16(15)23;/h2-6,13H,7-12H2,1H3;1H. The summed E-state index contributed by atoms with van der Waals surface area (Å²) in [5, 5.41) is 1.52. The van der Waals surface area contributed by atoms with E-state index in [1.165, 1.54) is 11.3 Å². The maximum absolute atomic E-state index is 13.5. The second kappa shape index (κ2) is 11.2. The predicted octanol–water partition coefficient (Wildman–Crippen LogP) is 5.73. The van der Waals surface area contributed by atoms with E-state index in [1.807, 2.05) is 24.5 Å². The lowest BCUT2D eigenvalue weighted by atomic mass is 10.2. The number of para-hydroxylation sites is 1. The van der Waals surface area contributed by atoms with Crippen LogP contribution in [0.25, 0.3) is 10.2 Å². The second-order valence-corrected chi connectivity index (χ2v) is 9.54. The number of halogens is 3. The van der Waals surface area contributed by atoms with Crippen LogP contribution in [0.1, 0.15) is 10.4 Å². The molecule has 0 spiro atoms. The van der Waals surface area contributed by atoms with Crippen molar-refractivity contribution in [1.29, 1.82) is 0 Å². The molecule has 1 amide bonds. The number of anilines is 1. The van der Waals surface area contributed by atoms with Gasteiger partial charge in [0.1, 0.15) is 0 Å². The number of morpholine rings is 1. The summed E-state index contributed by atoms with van der Waals surface area (Å²) < 4.78 is 6.49. The van der Waals surface area contributed by atoms with Gasteiger partial charge in [-0.15, -0.1) is 24.2 Å². The highest BCUT2D eigenvalue weighted by Gasteiger charge is 2.25. The Hall–Kier alpha value is -1.06. The molecule has 2 aromatic carbocycles. The largest absolute Gasteiger partial charge is 0.379 e. The molecule has 0 radical (unpaired) electrons. The highest BCUT2D eigenvalue weighted by molar-refractivity contribution is 7.98. The molecule has 166 valence electrons. The number of hydrogen-bond acceptors (Lipinski definition) is 6. The zero-order chi connectivity index (χ0) is 21.1. The monoisotopic (exact) mass is 517 g/mol. The molecule has 1 aromatic heterocycles. The van der Waals surface area contributed by atoms with Gasteiger partial charge in [0, 0.05) is 36.1 Å². The summed E-state index contributed by atoms with van der Waals surface area (Å²) in [5.41, 5.74) is 1.35. The van der Waals surface area contributed by atoms with Crippen molar-refractivity contribution in [3.8, 4) is 0 Å². The van der Waals surface area contributed by atoms with E-state index in [-0.39, 0.29) is 18.3 Å². The first-order chi connectivity index (χ1) is 14.6.